The molecule has 0 saturated carbocycles. The predicted octanol–water partition coefficient (Wildman–Crippen LogP) is 3.23. The monoisotopic (exact) mass is 340 g/mol. The van der Waals surface area contributed by atoms with E-state index in [4.69, 9.17) is 18.6 Å². The molecule has 0 fully saturated rings. The Balaban J connectivity index is 2.32. The Labute approximate surface area is 143 Å². The average molecular weight is 340 g/mol. The van der Waals surface area contributed by atoms with E-state index >= 15 is 0 Å². The van der Waals surface area contributed by atoms with Crippen molar-refractivity contribution in [1.82, 2.24) is 0 Å². The first kappa shape index (κ1) is 16.7. The van der Waals surface area contributed by atoms with E-state index in [1.54, 1.807) is 48.5 Å². The molecule has 25 heavy (non-hydrogen) atoms. The lowest BCUT2D eigenvalue weighted by Gasteiger charge is -2.13. The zero-order chi connectivity index (χ0) is 17.8. The topological polar surface area (TPSA) is 75.0 Å². The van der Waals surface area contributed by atoms with Crippen molar-refractivity contribution in [2.45, 2.75) is 0 Å². The summed E-state index contributed by atoms with van der Waals surface area (Å²) in [5, 5.41) is 0.307. The molecule has 0 N–H and O–H groups in total. The minimum absolute atomic E-state index is 0.0163. The molecule has 3 aromatic rings. The van der Waals surface area contributed by atoms with E-state index in [0.29, 0.717) is 22.3 Å². The average Bonchev–Trinajstić information content (AvgIpc) is 2.66. The number of hydrogen-bond donors (Lipinski definition) is 0. The number of ether oxygens (including phenoxy) is 3. The maximum atomic E-state index is 12.8. The van der Waals surface area contributed by atoms with Crippen LogP contribution in [0.15, 0.2) is 57.7 Å². The first-order valence-electron chi connectivity index (χ1n) is 7.52. The third-order valence-electron chi connectivity index (χ3n) is 3.65. The molecule has 0 unspecified atom stereocenters. The van der Waals surface area contributed by atoms with Crippen LogP contribution in [0.4, 0.5) is 0 Å². The maximum Gasteiger partial charge on any atom is 0.345 e. The van der Waals surface area contributed by atoms with Gasteiger partial charge in [0.15, 0.2) is 18.1 Å². The second-order valence-electron chi connectivity index (χ2n) is 5.17. The minimum Gasteiger partial charge on any atom is -0.467 e. The Morgan fingerprint density at radius 2 is 1.76 bits per heavy atom. The highest BCUT2D eigenvalue weighted by Crippen LogP contribution is 2.33. The van der Waals surface area contributed by atoms with Crippen molar-refractivity contribution in [3.63, 3.8) is 0 Å². The summed E-state index contributed by atoms with van der Waals surface area (Å²) in [7, 11) is 2.71. The van der Waals surface area contributed by atoms with Gasteiger partial charge in [-0.2, -0.15) is 0 Å². The second-order valence-corrected chi connectivity index (χ2v) is 5.17. The zero-order valence-corrected chi connectivity index (χ0v) is 13.8. The summed E-state index contributed by atoms with van der Waals surface area (Å²) < 4.78 is 21.1. The molecule has 6 heteroatoms. The number of esters is 1. The molecule has 1 aromatic heterocycles. The summed E-state index contributed by atoms with van der Waals surface area (Å²) in [4.78, 5) is 25.1. The molecule has 0 bridgehead atoms. The molecule has 3 rings (SSSR count). The highest BCUT2D eigenvalue weighted by Gasteiger charge is 2.24. The zero-order valence-electron chi connectivity index (χ0n) is 13.8. The van der Waals surface area contributed by atoms with E-state index in [0.717, 1.165) is 0 Å². The smallest absolute Gasteiger partial charge is 0.345 e. The van der Waals surface area contributed by atoms with Crippen molar-refractivity contribution in [2.75, 3.05) is 21.0 Å². The largest absolute Gasteiger partial charge is 0.467 e. The molecule has 1 heterocycles. The summed E-state index contributed by atoms with van der Waals surface area (Å²) in [6.07, 6.45) is 0. The fourth-order valence-electron chi connectivity index (χ4n) is 2.52. The van der Waals surface area contributed by atoms with Crippen LogP contribution in [-0.4, -0.2) is 27.0 Å². The number of para-hydroxylation sites is 2. The number of fused-ring (bicyclic) bond motifs is 1. The summed E-state index contributed by atoms with van der Waals surface area (Å²) in [6, 6.07) is 13.6. The fraction of sp³-hybridized carbons (Fsp3) is 0.158. The van der Waals surface area contributed by atoms with Gasteiger partial charge in [-0.3, -0.25) is 4.79 Å². The Kier molecular flexibility index (Phi) is 4.81. The quantitative estimate of drug-likeness (QED) is 0.524. The maximum absolute atomic E-state index is 12.8. The van der Waals surface area contributed by atoms with Crippen molar-refractivity contribution in [2.24, 2.45) is 0 Å². The van der Waals surface area contributed by atoms with Gasteiger partial charge in [0.2, 0.25) is 5.43 Å². The van der Waals surface area contributed by atoms with Gasteiger partial charge in [-0.1, -0.05) is 24.3 Å². The van der Waals surface area contributed by atoms with E-state index in [1.165, 1.54) is 14.2 Å². The van der Waals surface area contributed by atoms with Crippen LogP contribution in [0.2, 0.25) is 0 Å². The molecular weight excluding hydrogens is 324 g/mol. The Morgan fingerprint density at radius 3 is 2.52 bits per heavy atom. The number of carbonyl (C=O) groups excluding carboxylic acids is 1. The van der Waals surface area contributed by atoms with Crippen LogP contribution in [0.25, 0.3) is 22.3 Å². The van der Waals surface area contributed by atoms with Gasteiger partial charge < -0.3 is 18.6 Å². The standard InChI is InChI=1S/C19H16O6/c1-22-11-24-14-9-5-4-8-13(14)18-16(19(21)23-2)17(20)12-7-3-6-10-15(12)25-18/h3-10H,11H2,1-2H3. The van der Waals surface area contributed by atoms with E-state index in [1.807, 2.05) is 0 Å². The Morgan fingerprint density at radius 1 is 1.04 bits per heavy atom. The van der Waals surface area contributed by atoms with Crippen molar-refractivity contribution >= 4 is 16.9 Å². The van der Waals surface area contributed by atoms with Gasteiger partial charge in [-0.05, 0) is 24.3 Å². The lowest BCUT2D eigenvalue weighted by atomic mass is 10.0. The number of carbonyl (C=O) groups is 1. The molecule has 0 radical (unpaired) electrons. The first-order chi connectivity index (χ1) is 12.2. The third-order valence-corrected chi connectivity index (χ3v) is 3.65. The number of hydrogen-bond acceptors (Lipinski definition) is 6. The van der Waals surface area contributed by atoms with Gasteiger partial charge in [-0.25, -0.2) is 4.79 Å². The van der Waals surface area contributed by atoms with E-state index in [-0.39, 0.29) is 18.1 Å². The third kappa shape index (κ3) is 3.12. The predicted molar refractivity (Wildman–Crippen MR) is 91.8 cm³/mol. The van der Waals surface area contributed by atoms with Crippen LogP contribution in [0, 0.1) is 0 Å². The SMILES string of the molecule is COCOc1ccccc1-c1oc2ccccc2c(=O)c1C(=O)OC. The van der Waals surface area contributed by atoms with Crippen molar-refractivity contribution in [1.29, 1.82) is 0 Å². The fourth-order valence-corrected chi connectivity index (χ4v) is 2.52. The van der Waals surface area contributed by atoms with Gasteiger partial charge in [0.1, 0.15) is 11.3 Å². The van der Waals surface area contributed by atoms with Gasteiger partial charge in [-0.15, -0.1) is 0 Å². The van der Waals surface area contributed by atoms with Gasteiger partial charge in [0, 0.05) is 7.11 Å². The van der Waals surface area contributed by atoms with Gasteiger partial charge in [0.25, 0.3) is 0 Å². The molecule has 2 aromatic carbocycles. The molecule has 0 saturated heterocycles. The van der Waals surface area contributed by atoms with Crippen molar-refractivity contribution < 1.29 is 23.4 Å². The van der Waals surface area contributed by atoms with Crippen LogP contribution in [0.3, 0.4) is 0 Å². The van der Waals surface area contributed by atoms with Crippen LogP contribution in [0.1, 0.15) is 10.4 Å². The lowest BCUT2D eigenvalue weighted by molar-refractivity contribution is 0.0514. The molecule has 6 nitrogen and oxygen atoms in total. The molecule has 0 aliphatic heterocycles. The molecule has 0 spiro atoms. The second kappa shape index (κ2) is 7.19. The minimum atomic E-state index is -0.768. The van der Waals surface area contributed by atoms with E-state index in [9.17, 15) is 9.59 Å². The van der Waals surface area contributed by atoms with Crippen LogP contribution >= 0.6 is 0 Å². The lowest BCUT2D eigenvalue weighted by Crippen LogP contribution is -2.18. The van der Waals surface area contributed by atoms with E-state index < -0.39 is 11.4 Å². The summed E-state index contributed by atoms with van der Waals surface area (Å²) in [5.41, 5.74) is 0.208. The number of methoxy groups -OCH3 is 2. The molecule has 0 aliphatic rings. The molecule has 128 valence electrons. The van der Waals surface area contributed by atoms with Gasteiger partial charge in [0.05, 0.1) is 18.1 Å². The number of benzene rings is 2. The van der Waals surface area contributed by atoms with Gasteiger partial charge >= 0.3 is 5.97 Å². The normalized spacial score (nSPS) is 10.6. The molecule has 0 aliphatic carbocycles. The highest BCUT2D eigenvalue weighted by atomic mass is 16.7. The molecule has 0 atom stereocenters. The Hall–Kier alpha value is -3.12. The van der Waals surface area contributed by atoms with Crippen molar-refractivity contribution in [3.8, 4) is 17.1 Å². The van der Waals surface area contributed by atoms with Crippen LogP contribution < -0.4 is 10.2 Å². The summed E-state index contributed by atoms with van der Waals surface area (Å²) >= 11 is 0. The summed E-state index contributed by atoms with van der Waals surface area (Å²) in [5.74, 6) is -0.244. The molecule has 0 amide bonds. The van der Waals surface area contributed by atoms with E-state index in [2.05, 4.69) is 0 Å². The first-order valence-corrected chi connectivity index (χ1v) is 7.52. The number of rotatable bonds is 5. The van der Waals surface area contributed by atoms with Crippen molar-refractivity contribution in [3.05, 3.63) is 64.3 Å². The summed E-state index contributed by atoms with van der Waals surface area (Å²) in [6.45, 7) is 0.0163. The highest BCUT2D eigenvalue weighted by molar-refractivity contribution is 5.99. The van der Waals surface area contributed by atoms with Crippen LogP contribution in [0.5, 0.6) is 5.75 Å². The Bertz CT molecular complexity index is 973. The van der Waals surface area contributed by atoms with Crippen LogP contribution in [-0.2, 0) is 9.47 Å². The molecular formula is C19H16O6.